The fourth-order valence-electron chi connectivity index (χ4n) is 12.6. The zero-order valence-electron chi connectivity index (χ0n) is 63.5. The molecule has 1 saturated heterocycles. The number of nitrogens with zero attached hydrogens (tertiary/aromatic N) is 4. The molecule has 1 aliphatic rings. The summed E-state index contributed by atoms with van der Waals surface area (Å²) in [5.74, 6) is -13.6. The smallest absolute Gasteiger partial charge is 0.329 e. The topological polar surface area (TPSA) is 359 Å². The summed E-state index contributed by atoms with van der Waals surface area (Å²) in [5.41, 5.74) is 2.00. The fourth-order valence-corrected chi connectivity index (χ4v) is 12.6. The molecule has 0 spiro atoms. The molecular weight excluding hydrogens is 1290 g/mol. The van der Waals surface area contributed by atoms with Gasteiger partial charge in [-0.2, -0.15) is 0 Å². The third-order valence-electron chi connectivity index (χ3n) is 18.9. The summed E-state index contributed by atoms with van der Waals surface area (Å²) >= 11 is 0. The molecule has 1 aromatic heterocycles. The molecule has 2 aromatic carbocycles. The molecule has 2 heterocycles. The van der Waals surface area contributed by atoms with Crippen LogP contribution in [0.3, 0.4) is 0 Å². The first kappa shape index (κ1) is 85.0. The Bertz CT molecular complexity index is 3330. The number of hydrogen-bond donors (Lipinski definition) is 10. The maximum Gasteiger partial charge on any atom is 0.329 e. The molecule has 0 radical (unpaired) electrons. The van der Waals surface area contributed by atoms with E-state index >= 15 is 33.6 Å². The average Bonchev–Trinajstić information content (AvgIpc) is 1.59. The van der Waals surface area contributed by atoms with E-state index < -0.39 is 185 Å². The minimum Gasteiger partial charge on any atom is -0.458 e. The van der Waals surface area contributed by atoms with Crippen LogP contribution in [0, 0.1) is 41.4 Å². The number of likely N-dealkylation sites (N-methyl/N-ethyl adjacent to an activating group) is 5. The summed E-state index contributed by atoms with van der Waals surface area (Å²) in [6.45, 7) is 28.3. The van der Waals surface area contributed by atoms with Crippen molar-refractivity contribution in [3.63, 3.8) is 0 Å². The van der Waals surface area contributed by atoms with E-state index in [0.717, 1.165) is 15.8 Å². The third kappa shape index (κ3) is 22.5. The highest BCUT2D eigenvalue weighted by Gasteiger charge is 2.46. The van der Waals surface area contributed by atoms with Gasteiger partial charge in [0.2, 0.25) is 65.0 Å². The molecule has 27 heteroatoms. The molecule has 11 amide bonds. The van der Waals surface area contributed by atoms with Crippen LogP contribution in [0.1, 0.15) is 148 Å². The number of aliphatic hydroxyl groups excluding tert-OH is 1. The summed E-state index contributed by atoms with van der Waals surface area (Å²) in [4.78, 5) is 187. The van der Waals surface area contributed by atoms with Gasteiger partial charge in [-0.25, -0.2) is 4.79 Å². The van der Waals surface area contributed by atoms with Crippen LogP contribution in [0.2, 0.25) is 0 Å². The van der Waals surface area contributed by atoms with Gasteiger partial charge in [0.1, 0.15) is 72.6 Å². The summed E-state index contributed by atoms with van der Waals surface area (Å²) < 4.78 is 6.09. The predicted molar refractivity (Wildman–Crippen MR) is 385 cm³/mol. The lowest BCUT2D eigenvalue weighted by Crippen LogP contribution is -2.65. The van der Waals surface area contributed by atoms with Crippen LogP contribution in [0.5, 0.6) is 0 Å². The molecule has 1 aliphatic heterocycles. The first-order valence-electron chi connectivity index (χ1n) is 35.6. The van der Waals surface area contributed by atoms with Gasteiger partial charge in [-0.15, -0.1) is 0 Å². The number of cyclic esters (lactones) is 1. The number of carbonyl (C=O) groups excluding carboxylic acids is 12. The highest BCUT2D eigenvalue weighted by atomic mass is 16.5. The number of aliphatic hydroxyl groups is 1. The van der Waals surface area contributed by atoms with Crippen molar-refractivity contribution in [2.75, 3.05) is 35.2 Å². The van der Waals surface area contributed by atoms with Gasteiger partial charge in [0.25, 0.3) is 0 Å². The molecule has 0 aliphatic carbocycles. The van der Waals surface area contributed by atoms with Gasteiger partial charge >= 0.3 is 5.97 Å². The summed E-state index contributed by atoms with van der Waals surface area (Å²) in [7, 11) is 7.03. The number of H-pyrrole nitrogens is 1. The molecule has 101 heavy (non-hydrogen) atoms. The standard InChI is InChI=1S/C74H117N13O14/c1-23-29-52-70(96)85(20)54(36-48-37-76-50-33-28-27-32-49(48)50)65(91)78-56(40(6)7)67(93)77-51(35-47-30-25-24-26-31-47)63(89)82-60(44(14)15)74(100)101-46(17)61(83-68(94)57(41(8)9)79-66(92)55(75-18)39(4)5)73(99)87(22)62(45(16)88)69(95)81-59(43(12)13)72(98)86(21)53(34-38(2)3)64(90)80-58(42(10)11)71(97)84(52)19/h24-28,30-33,37-46,51-62,75-76,88H,23,29,34-36H2,1-22H3,(H,77,93)(H,78,91)(H,79,92)(H,80,90)(H,81,95)(H,82,89)(H,83,94)/t45-,46-,51+,52+,53+,54+,55+,56+,57+,58+,59+,60+,61+,62+/m1/s1. The maximum absolute atomic E-state index is 15.4. The van der Waals surface area contributed by atoms with Crippen molar-refractivity contribution in [2.45, 2.75) is 235 Å². The fraction of sp³-hybridized carbons (Fsp3) is 0.649. The Labute approximate surface area is 597 Å². The number of nitrogens with one attached hydrogen (secondary N) is 9. The van der Waals surface area contributed by atoms with Crippen molar-refractivity contribution in [3.8, 4) is 0 Å². The van der Waals surface area contributed by atoms with Crippen LogP contribution in [-0.4, -0.2) is 221 Å². The predicted octanol–water partition coefficient (Wildman–Crippen LogP) is 3.35. The van der Waals surface area contributed by atoms with Crippen LogP contribution in [-0.2, 0) is 75.1 Å². The first-order chi connectivity index (χ1) is 47.2. The van der Waals surface area contributed by atoms with E-state index in [1.165, 1.54) is 56.7 Å². The Balaban J connectivity index is 2.02. The van der Waals surface area contributed by atoms with Gasteiger partial charge < -0.3 is 77.0 Å². The van der Waals surface area contributed by atoms with Gasteiger partial charge in [-0.3, -0.25) is 52.7 Å². The number of para-hydroxylation sites is 1. The zero-order chi connectivity index (χ0) is 76.3. The minimum absolute atomic E-state index is 0.0692. The zero-order valence-corrected chi connectivity index (χ0v) is 63.5. The van der Waals surface area contributed by atoms with Crippen molar-refractivity contribution in [1.82, 2.24) is 67.1 Å². The SMILES string of the molecule is CCC[C@H]1C(=O)N(C)[C@@H](Cc2c[nH]c3ccccc23)C(=O)N[C@@H](C(C)C)C(=O)N[C@@H](Cc2ccccc2)C(=O)N[C@@H](C(C)C)C(=O)O[C@H](C)[C@H](NC(=O)[C@@H](NC(=O)[C@@H](NC)C(C)C)C(C)C)C(=O)N(C)[C@@H]([C@@H](C)O)C(=O)N[C@@H](C(C)C)C(=O)N(C)[C@@H](CC(C)C)C(=O)N[C@@H](C(C)C)C(=O)N1C. The number of rotatable bonds is 20. The highest BCUT2D eigenvalue weighted by molar-refractivity contribution is 6.00. The summed E-state index contributed by atoms with van der Waals surface area (Å²) in [6, 6.07) is -0.483. The molecule has 562 valence electrons. The normalized spacial score (nSPS) is 24.9. The number of ether oxygens (including phenoxy) is 1. The van der Waals surface area contributed by atoms with E-state index in [-0.39, 0.29) is 37.5 Å². The third-order valence-corrected chi connectivity index (χ3v) is 18.9. The number of hydrogen-bond acceptors (Lipinski definition) is 15. The van der Waals surface area contributed by atoms with Crippen molar-refractivity contribution in [1.29, 1.82) is 0 Å². The van der Waals surface area contributed by atoms with Gasteiger partial charge in [0.15, 0.2) is 0 Å². The van der Waals surface area contributed by atoms with Gasteiger partial charge in [-0.05, 0) is 92.4 Å². The Morgan fingerprint density at radius 1 is 0.535 bits per heavy atom. The lowest BCUT2D eigenvalue weighted by molar-refractivity contribution is -0.160. The lowest BCUT2D eigenvalue weighted by atomic mass is 9.96. The summed E-state index contributed by atoms with van der Waals surface area (Å²) in [5, 5.41) is 34.8. The van der Waals surface area contributed by atoms with E-state index in [1.54, 1.807) is 113 Å². The Morgan fingerprint density at radius 3 is 1.54 bits per heavy atom. The second-order valence-corrected chi connectivity index (χ2v) is 29.6. The molecule has 1 fully saturated rings. The second-order valence-electron chi connectivity index (χ2n) is 29.6. The molecule has 10 N–H and O–H groups in total. The minimum atomic E-state index is -1.89. The molecule has 0 unspecified atom stereocenters. The Morgan fingerprint density at radius 2 is 1.03 bits per heavy atom. The summed E-state index contributed by atoms with van der Waals surface area (Å²) in [6.07, 6.45) is -1.24. The maximum atomic E-state index is 15.4. The number of fused-ring (bicyclic) bond motifs is 1. The number of carbonyl (C=O) groups is 12. The Hall–Kier alpha value is -8.46. The average molecular weight is 1410 g/mol. The van der Waals surface area contributed by atoms with E-state index in [0.29, 0.717) is 17.5 Å². The van der Waals surface area contributed by atoms with Crippen molar-refractivity contribution < 1.29 is 67.4 Å². The van der Waals surface area contributed by atoms with E-state index in [2.05, 4.69) is 47.5 Å². The number of benzene rings is 2. The Kier molecular flexibility index (Phi) is 32.4. The molecule has 4 rings (SSSR count). The van der Waals surface area contributed by atoms with Gasteiger partial charge in [-0.1, -0.05) is 159 Å². The van der Waals surface area contributed by atoms with E-state index in [1.807, 2.05) is 58.9 Å². The number of aromatic nitrogens is 1. The van der Waals surface area contributed by atoms with E-state index in [9.17, 15) is 29.1 Å². The van der Waals surface area contributed by atoms with Crippen molar-refractivity contribution in [2.24, 2.45) is 41.4 Å². The molecule has 0 saturated carbocycles. The largest absolute Gasteiger partial charge is 0.458 e. The first-order valence-corrected chi connectivity index (χ1v) is 35.6. The van der Waals surface area contributed by atoms with Crippen LogP contribution >= 0.6 is 0 Å². The molecule has 27 nitrogen and oxygen atoms in total. The van der Waals surface area contributed by atoms with Gasteiger partial charge in [0.05, 0.1) is 12.1 Å². The second kappa shape index (κ2) is 38.5. The number of amides is 11. The quantitative estimate of drug-likeness (QED) is 0.0726. The molecule has 3 aromatic rings. The van der Waals surface area contributed by atoms with Crippen LogP contribution in [0.4, 0.5) is 0 Å². The highest BCUT2D eigenvalue weighted by Crippen LogP contribution is 2.25. The monoisotopic (exact) mass is 1410 g/mol. The van der Waals surface area contributed by atoms with Crippen LogP contribution in [0.15, 0.2) is 60.8 Å². The van der Waals surface area contributed by atoms with Crippen molar-refractivity contribution in [3.05, 3.63) is 71.9 Å². The van der Waals surface area contributed by atoms with Crippen molar-refractivity contribution >= 4 is 81.9 Å². The molecule has 0 bridgehead atoms. The van der Waals surface area contributed by atoms with Gasteiger partial charge in [0, 0.05) is 58.1 Å². The number of esters is 1. The molecule has 14 atom stereocenters. The van der Waals surface area contributed by atoms with E-state index in [4.69, 9.17) is 4.74 Å². The van der Waals surface area contributed by atoms with Crippen LogP contribution < -0.4 is 42.5 Å². The molecular formula is C74H117N13O14. The number of aromatic amines is 1. The lowest BCUT2D eigenvalue weighted by Gasteiger charge is -2.38. The van der Waals surface area contributed by atoms with Crippen LogP contribution in [0.25, 0.3) is 10.9 Å².